The maximum atomic E-state index is 12.7. The van der Waals surface area contributed by atoms with Gasteiger partial charge in [0.2, 0.25) is 0 Å². The fraction of sp³-hybridized carbons (Fsp3) is 0.538. The molecule has 0 saturated carbocycles. The summed E-state index contributed by atoms with van der Waals surface area (Å²) in [6, 6.07) is 0.606. The lowest BCUT2D eigenvalue weighted by molar-refractivity contribution is -0.143. The van der Waals surface area contributed by atoms with Crippen LogP contribution in [0.5, 0.6) is 0 Å². The van der Waals surface area contributed by atoms with Crippen LogP contribution in [0, 0.1) is 5.92 Å². The van der Waals surface area contributed by atoms with Gasteiger partial charge in [-0.2, -0.15) is 26.3 Å². The first-order valence-corrected chi connectivity index (χ1v) is 5.96. The van der Waals surface area contributed by atoms with E-state index in [0.717, 1.165) is 0 Å². The van der Waals surface area contributed by atoms with Crippen LogP contribution in [-0.4, -0.2) is 0 Å². The summed E-state index contributed by atoms with van der Waals surface area (Å²) in [5.74, 6) is 0.0638. The van der Waals surface area contributed by atoms with Crippen molar-refractivity contribution in [3.63, 3.8) is 0 Å². The number of nitrogens with two attached hydrogens (primary N) is 1. The topological polar surface area (TPSA) is 26.0 Å². The molecule has 0 aromatic heterocycles. The molecular formula is C13H15F6N. The molecule has 0 aliphatic heterocycles. The largest absolute Gasteiger partial charge is 0.416 e. The summed E-state index contributed by atoms with van der Waals surface area (Å²) < 4.78 is 75.9. The summed E-state index contributed by atoms with van der Waals surface area (Å²) in [7, 11) is 0. The van der Waals surface area contributed by atoms with Crippen molar-refractivity contribution in [2.45, 2.75) is 38.7 Å². The van der Waals surface area contributed by atoms with Gasteiger partial charge >= 0.3 is 12.4 Å². The normalized spacial score (nSPS) is 14.7. The molecule has 0 spiro atoms. The zero-order valence-electron chi connectivity index (χ0n) is 10.9. The lowest BCUT2D eigenvalue weighted by Crippen LogP contribution is -2.17. The number of alkyl halides is 6. The van der Waals surface area contributed by atoms with E-state index in [2.05, 4.69) is 0 Å². The molecule has 1 aromatic carbocycles. The highest BCUT2D eigenvalue weighted by molar-refractivity contribution is 5.35. The van der Waals surface area contributed by atoms with Crippen molar-refractivity contribution in [3.8, 4) is 0 Å². The predicted molar refractivity (Wildman–Crippen MR) is 62.8 cm³/mol. The smallest absolute Gasteiger partial charge is 0.324 e. The van der Waals surface area contributed by atoms with Gasteiger partial charge in [0.15, 0.2) is 0 Å². The van der Waals surface area contributed by atoms with Crippen LogP contribution in [0.25, 0.3) is 0 Å². The molecule has 0 aliphatic rings. The predicted octanol–water partition coefficient (Wildman–Crippen LogP) is 4.77. The van der Waals surface area contributed by atoms with Crippen molar-refractivity contribution >= 4 is 0 Å². The van der Waals surface area contributed by atoms with Gasteiger partial charge < -0.3 is 5.73 Å². The minimum Gasteiger partial charge on any atom is -0.324 e. The Morgan fingerprint density at radius 2 is 1.30 bits per heavy atom. The van der Waals surface area contributed by atoms with Crippen molar-refractivity contribution < 1.29 is 26.3 Å². The summed E-state index contributed by atoms with van der Waals surface area (Å²) in [6.07, 6.45) is -9.38. The molecular weight excluding hydrogens is 284 g/mol. The van der Waals surface area contributed by atoms with Crippen molar-refractivity contribution in [3.05, 3.63) is 34.9 Å². The molecule has 0 unspecified atom stereocenters. The molecule has 0 bridgehead atoms. The molecule has 0 heterocycles. The molecule has 0 amide bonds. The Kier molecular flexibility index (Phi) is 4.74. The number of halogens is 6. The van der Waals surface area contributed by atoms with Gasteiger partial charge in [-0.25, -0.2) is 0 Å². The Morgan fingerprint density at radius 1 is 0.900 bits per heavy atom. The summed E-state index contributed by atoms with van der Waals surface area (Å²) >= 11 is 0. The molecule has 1 atom stereocenters. The van der Waals surface area contributed by atoms with Crippen LogP contribution in [0.4, 0.5) is 26.3 Å². The molecule has 0 fully saturated rings. The summed E-state index contributed by atoms with van der Waals surface area (Å²) in [4.78, 5) is 0. The Balaban J connectivity index is 3.31. The van der Waals surface area contributed by atoms with Gasteiger partial charge in [0, 0.05) is 6.04 Å². The van der Waals surface area contributed by atoms with Crippen LogP contribution in [0.3, 0.4) is 0 Å². The first kappa shape index (κ1) is 16.8. The monoisotopic (exact) mass is 299 g/mol. The number of hydrogen-bond donors (Lipinski definition) is 1. The minimum atomic E-state index is -4.84. The zero-order valence-corrected chi connectivity index (χ0v) is 10.9. The fourth-order valence-electron chi connectivity index (χ4n) is 1.84. The molecule has 1 aromatic rings. The summed E-state index contributed by atoms with van der Waals surface area (Å²) in [5.41, 5.74) is 2.87. The fourth-order valence-corrected chi connectivity index (χ4v) is 1.84. The van der Waals surface area contributed by atoms with Crippen LogP contribution in [0.2, 0.25) is 0 Å². The van der Waals surface area contributed by atoms with Crippen LogP contribution < -0.4 is 5.73 Å². The quantitative estimate of drug-likeness (QED) is 0.799. The highest BCUT2D eigenvalue weighted by atomic mass is 19.4. The van der Waals surface area contributed by atoms with Gasteiger partial charge in [0.05, 0.1) is 11.1 Å². The van der Waals surface area contributed by atoms with Gasteiger partial charge in [-0.3, -0.25) is 0 Å². The molecule has 2 N–H and O–H groups in total. The average molecular weight is 299 g/mol. The van der Waals surface area contributed by atoms with E-state index in [1.54, 1.807) is 13.8 Å². The SMILES string of the molecule is CC(C)C[C@@H](N)c1cc(C(F)(F)F)cc(C(F)(F)F)c1. The first-order valence-electron chi connectivity index (χ1n) is 5.96. The number of benzene rings is 1. The van der Waals surface area contributed by atoms with Crippen LogP contribution in [-0.2, 0) is 12.4 Å². The molecule has 0 radical (unpaired) electrons. The first-order chi connectivity index (χ1) is 8.91. The van der Waals surface area contributed by atoms with Gasteiger partial charge in [0.1, 0.15) is 0 Å². The lowest BCUT2D eigenvalue weighted by atomic mass is 9.94. The van der Waals surface area contributed by atoms with E-state index in [9.17, 15) is 26.3 Å². The Hall–Kier alpha value is -1.24. The van der Waals surface area contributed by atoms with E-state index in [4.69, 9.17) is 5.73 Å². The molecule has 0 saturated heterocycles. The van der Waals surface area contributed by atoms with E-state index in [-0.39, 0.29) is 17.5 Å². The number of rotatable bonds is 3. The molecule has 0 aliphatic carbocycles. The maximum Gasteiger partial charge on any atom is 0.416 e. The average Bonchev–Trinajstić information content (AvgIpc) is 2.25. The minimum absolute atomic E-state index is 0.0638. The van der Waals surface area contributed by atoms with E-state index in [0.29, 0.717) is 18.6 Å². The zero-order chi connectivity index (χ0) is 15.7. The Bertz CT molecular complexity index is 429. The van der Waals surface area contributed by atoms with Gasteiger partial charge in [-0.1, -0.05) is 13.8 Å². The van der Waals surface area contributed by atoms with Gasteiger partial charge in [0.25, 0.3) is 0 Å². The van der Waals surface area contributed by atoms with Crippen molar-refractivity contribution in [2.75, 3.05) is 0 Å². The molecule has 1 rings (SSSR count). The van der Waals surface area contributed by atoms with E-state index in [1.807, 2.05) is 0 Å². The van der Waals surface area contributed by atoms with Gasteiger partial charge in [-0.15, -0.1) is 0 Å². The lowest BCUT2D eigenvalue weighted by Gasteiger charge is -2.19. The number of hydrogen-bond acceptors (Lipinski definition) is 1. The molecule has 7 heteroatoms. The standard InChI is InChI=1S/C13H15F6N/c1-7(2)3-11(20)8-4-9(12(14,15)16)6-10(5-8)13(17,18)19/h4-7,11H,3,20H2,1-2H3/t11-/m1/s1. The second-order valence-corrected chi connectivity index (χ2v) is 5.08. The second-order valence-electron chi connectivity index (χ2n) is 5.08. The highest BCUT2D eigenvalue weighted by Gasteiger charge is 2.37. The summed E-state index contributed by atoms with van der Waals surface area (Å²) in [5, 5.41) is 0. The van der Waals surface area contributed by atoms with E-state index >= 15 is 0 Å². The summed E-state index contributed by atoms with van der Waals surface area (Å²) in [6.45, 7) is 3.58. The third-order valence-electron chi connectivity index (χ3n) is 2.76. The Labute approximate surface area is 112 Å². The van der Waals surface area contributed by atoms with Crippen molar-refractivity contribution in [2.24, 2.45) is 11.7 Å². The highest BCUT2D eigenvalue weighted by Crippen LogP contribution is 2.37. The van der Waals surface area contributed by atoms with Crippen LogP contribution in [0.1, 0.15) is 43.0 Å². The third kappa shape index (κ3) is 4.40. The van der Waals surface area contributed by atoms with Crippen molar-refractivity contribution in [1.82, 2.24) is 0 Å². The van der Waals surface area contributed by atoms with Crippen molar-refractivity contribution in [1.29, 1.82) is 0 Å². The third-order valence-corrected chi connectivity index (χ3v) is 2.76. The van der Waals surface area contributed by atoms with Crippen LogP contribution in [0.15, 0.2) is 18.2 Å². The van der Waals surface area contributed by atoms with E-state index in [1.165, 1.54) is 0 Å². The van der Waals surface area contributed by atoms with Gasteiger partial charge in [-0.05, 0) is 36.1 Å². The van der Waals surface area contributed by atoms with Crippen LogP contribution >= 0.6 is 0 Å². The maximum absolute atomic E-state index is 12.7. The van der Waals surface area contributed by atoms with E-state index < -0.39 is 29.5 Å². The molecule has 114 valence electrons. The second kappa shape index (κ2) is 5.63. The molecule has 20 heavy (non-hydrogen) atoms. The molecule has 1 nitrogen and oxygen atoms in total. The Morgan fingerprint density at radius 3 is 1.60 bits per heavy atom.